The van der Waals surface area contributed by atoms with E-state index in [9.17, 15) is 9.59 Å². The molecule has 0 heterocycles. The number of ketones is 1. The van der Waals surface area contributed by atoms with Crippen LogP contribution in [0.5, 0.6) is 0 Å². The minimum Gasteiger partial charge on any atom is -0.466 e. The molecule has 0 fully saturated rings. The van der Waals surface area contributed by atoms with Gasteiger partial charge < -0.3 is 9.47 Å². The first-order valence-electron chi connectivity index (χ1n) is 5.89. The van der Waals surface area contributed by atoms with Crippen LogP contribution in [0.15, 0.2) is 0 Å². The molecule has 0 aliphatic heterocycles. The lowest BCUT2D eigenvalue weighted by atomic mass is 10.2. The molecule has 0 aromatic heterocycles. The van der Waals surface area contributed by atoms with E-state index < -0.39 is 0 Å². The van der Waals surface area contributed by atoms with Crippen molar-refractivity contribution in [3.05, 3.63) is 0 Å². The molecular formula is C12H22O4. The zero-order chi connectivity index (χ0) is 12.4. The van der Waals surface area contributed by atoms with Gasteiger partial charge in [0.15, 0.2) is 5.78 Å². The molecule has 0 saturated carbocycles. The summed E-state index contributed by atoms with van der Waals surface area (Å²) in [5.41, 5.74) is 0. The molecular weight excluding hydrogens is 208 g/mol. The second-order valence-electron chi connectivity index (χ2n) is 3.75. The highest BCUT2D eigenvalue weighted by molar-refractivity contribution is 5.83. The van der Waals surface area contributed by atoms with Gasteiger partial charge in [0.05, 0.1) is 19.1 Å². The molecule has 0 saturated heterocycles. The zero-order valence-corrected chi connectivity index (χ0v) is 10.5. The van der Waals surface area contributed by atoms with Gasteiger partial charge in [0.2, 0.25) is 0 Å². The number of Topliss-reactive ketones (excluding diaryl/α,β-unsaturated/α-hetero) is 1. The molecule has 0 rings (SSSR count). The third-order valence-electron chi connectivity index (χ3n) is 2.14. The Kier molecular flexibility index (Phi) is 8.81. The van der Waals surface area contributed by atoms with Crippen LogP contribution in [0.4, 0.5) is 0 Å². The quantitative estimate of drug-likeness (QED) is 0.569. The predicted molar refractivity (Wildman–Crippen MR) is 61.2 cm³/mol. The Bertz CT molecular complexity index is 213. The first-order valence-corrected chi connectivity index (χ1v) is 5.89. The molecule has 0 N–H and O–H groups in total. The van der Waals surface area contributed by atoms with Gasteiger partial charge in [0.25, 0.3) is 0 Å². The van der Waals surface area contributed by atoms with Crippen molar-refractivity contribution in [2.45, 2.75) is 52.6 Å². The average molecular weight is 230 g/mol. The molecule has 16 heavy (non-hydrogen) atoms. The van der Waals surface area contributed by atoms with Crippen LogP contribution in [0.1, 0.15) is 46.5 Å². The maximum atomic E-state index is 11.3. The fourth-order valence-corrected chi connectivity index (χ4v) is 1.27. The third kappa shape index (κ3) is 8.41. The number of rotatable bonds is 9. The van der Waals surface area contributed by atoms with Crippen molar-refractivity contribution in [3.63, 3.8) is 0 Å². The third-order valence-corrected chi connectivity index (χ3v) is 2.14. The molecule has 1 atom stereocenters. The second kappa shape index (κ2) is 9.33. The maximum Gasteiger partial charge on any atom is 0.306 e. The summed E-state index contributed by atoms with van der Waals surface area (Å²) in [6, 6.07) is 0. The van der Waals surface area contributed by atoms with E-state index in [1.54, 1.807) is 6.92 Å². The zero-order valence-electron chi connectivity index (χ0n) is 10.5. The summed E-state index contributed by atoms with van der Waals surface area (Å²) in [5.74, 6) is -0.367. The van der Waals surface area contributed by atoms with E-state index in [0.29, 0.717) is 6.61 Å². The summed E-state index contributed by atoms with van der Waals surface area (Å²) in [5, 5.41) is 0. The maximum absolute atomic E-state index is 11.3. The van der Waals surface area contributed by atoms with E-state index in [1.165, 1.54) is 0 Å². The van der Waals surface area contributed by atoms with Crippen LogP contribution in [0, 0.1) is 0 Å². The minimum atomic E-state index is -0.322. The van der Waals surface area contributed by atoms with Crippen molar-refractivity contribution in [1.82, 2.24) is 0 Å². The SMILES string of the molecule is CCCC(C)OCC(=O)CCC(=O)OCC. The largest absolute Gasteiger partial charge is 0.466 e. The fourth-order valence-electron chi connectivity index (χ4n) is 1.27. The van der Waals surface area contributed by atoms with Crippen LogP contribution >= 0.6 is 0 Å². The number of carbonyl (C=O) groups is 2. The number of carbonyl (C=O) groups excluding carboxylic acids is 2. The fraction of sp³-hybridized carbons (Fsp3) is 0.833. The summed E-state index contributed by atoms with van der Waals surface area (Å²) in [6.07, 6.45) is 2.45. The number of esters is 1. The van der Waals surface area contributed by atoms with E-state index in [0.717, 1.165) is 12.8 Å². The first-order chi connectivity index (χ1) is 7.60. The van der Waals surface area contributed by atoms with Crippen molar-refractivity contribution in [1.29, 1.82) is 0 Å². The second-order valence-corrected chi connectivity index (χ2v) is 3.75. The van der Waals surface area contributed by atoms with E-state index in [4.69, 9.17) is 9.47 Å². The lowest BCUT2D eigenvalue weighted by molar-refractivity contribution is -0.144. The Labute approximate surface area is 97.3 Å². The van der Waals surface area contributed by atoms with E-state index in [2.05, 4.69) is 6.92 Å². The topological polar surface area (TPSA) is 52.6 Å². The molecule has 4 heteroatoms. The van der Waals surface area contributed by atoms with E-state index in [1.807, 2.05) is 6.92 Å². The highest BCUT2D eigenvalue weighted by Crippen LogP contribution is 2.02. The van der Waals surface area contributed by atoms with Gasteiger partial charge in [-0.2, -0.15) is 0 Å². The highest BCUT2D eigenvalue weighted by Gasteiger charge is 2.09. The number of ether oxygens (including phenoxy) is 2. The first kappa shape index (κ1) is 15.1. The van der Waals surface area contributed by atoms with Gasteiger partial charge in [0.1, 0.15) is 6.61 Å². The van der Waals surface area contributed by atoms with Crippen LogP contribution in [0.25, 0.3) is 0 Å². The predicted octanol–water partition coefficient (Wildman–Crippen LogP) is 2.10. The van der Waals surface area contributed by atoms with Gasteiger partial charge in [-0.05, 0) is 20.3 Å². The Hall–Kier alpha value is -0.900. The lowest BCUT2D eigenvalue weighted by Crippen LogP contribution is -2.17. The van der Waals surface area contributed by atoms with Crippen molar-refractivity contribution < 1.29 is 19.1 Å². The monoisotopic (exact) mass is 230 g/mol. The average Bonchev–Trinajstić information content (AvgIpc) is 2.24. The van der Waals surface area contributed by atoms with Gasteiger partial charge in [0, 0.05) is 6.42 Å². The summed E-state index contributed by atoms with van der Waals surface area (Å²) < 4.78 is 10.1. The molecule has 0 radical (unpaired) electrons. The summed E-state index contributed by atoms with van der Waals surface area (Å²) >= 11 is 0. The minimum absolute atomic E-state index is 0.0454. The Morgan fingerprint density at radius 1 is 1.19 bits per heavy atom. The van der Waals surface area contributed by atoms with Gasteiger partial charge in [-0.3, -0.25) is 9.59 Å². The standard InChI is InChI=1S/C12H22O4/c1-4-6-10(3)16-9-11(13)7-8-12(14)15-5-2/h10H,4-9H2,1-3H3. The van der Waals surface area contributed by atoms with Crippen molar-refractivity contribution in [3.8, 4) is 0 Å². The molecule has 0 amide bonds. The van der Waals surface area contributed by atoms with Crippen LogP contribution in [0.3, 0.4) is 0 Å². The number of hydrogen-bond acceptors (Lipinski definition) is 4. The number of hydrogen-bond donors (Lipinski definition) is 0. The highest BCUT2D eigenvalue weighted by atomic mass is 16.5. The molecule has 4 nitrogen and oxygen atoms in total. The molecule has 0 aliphatic rings. The summed E-state index contributed by atoms with van der Waals surface area (Å²) in [7, 11) is 0. The van der Waals surface area contributed by atoms with E-state index in [-0.39, 0.29) is 37.3 Å². The van der Waals surface area contributed by atoms with Crippen LogP contribution in [-0.2, 0) is 19.1 Å². The van der Waals surface area contributed by atoms with Crippen molar-refractivity contribution in [2.24, 2.45) is 0 Å². The molecule has 0 spiro atoms. The molecule has 0 aromatic rings. The Morgan fingerprint density at radius 2 is 1.88 bits per heavy atom. The molecule has 0 bridgehead atoms. The van der Waals surface area contributed by atoms with Crippen molar-refractivity contribution >= 4 is 11.8 Å². The molecule has 0 aliphatic carbocycles. The van der Waals surface area contributed by atoms with Crippen molar-refractivity contribution in [2.75, 3.05) is 13.2 Å². The smallest absolute Gasteiger partial charge is 0.306 e. The van der Waals surface area contributed by atoms with Crippen LogP contribution in [0.2, 0.25) is 0 Å². The van der Waals surface area contributed by atoms with Gasteiger partial charge in [-0.25, -0.2) is 0 Å². The van der Waals surface area contributed by atoms with Crippen LogP contribution < -0.4 is 0 Å². The summed E-state index contributed by atoms with van der Waals surface area (Å²) in [6.45, 7) is 6.22. The Balaban J connectivity index is 3.55. The van der Waals surface area contributed by atoms with E-state index >= 15 is 0 Å². The van der Waals surface area contributed by atoms with Gasteiger partial charge in [-0.1, -0.05) is 13.3 Å². The van der Waals surface area contributed by atoms with Crippen LogP contribution in [-0.4, -0.2) is 31.1 Å². The molecule has 1 unspecified atom stereocenters. The Morgan fingerprint density at radius 3 is 2.44 bits per heavy atom. The lowest BCUT2D eigenvalue weighted by Gasteiger charge is -2.10. The summed E-state index contributed by atoms with van der Waals surface area (Å²) in [4.78, 5) is 22.3. The van der Waals surface area contributed by atoms with Gasteiger partial charge in [-0.15, -0.1) is 0 Å². The molecule has 0 aromatic carbocycles. The molecule has 94 valence electrons. The van der Waals surface area contributed by atoms with Gasteiger partial charge >= 0.3 is 5.97 Å². The normalized spacial score (nSPS) is 12.2.